The molecule has 6 nitrogen and oxygen atoms in total. The maximum Gasteiger partial charge on any atom is 0.141 e. The van der Waals surface area contributed by atoms with Gasteiger partial charge in [0.2, 0.25) is 0 Å². The third kappa shape index (κ3) is 4.78. The summed E-state index contributed by atoms with van der Waals surface area (Å²) >= 11 is 5.89. The number of anilines is 3. The van der Waals surface area contributed by atoms with Crippen molar-refractivity contribution in [3.63, 3.8) is 0 Å². The number of hydrogen-bond donors (Lipinski definition) is 2. The molecular weight excluding hydrogens is 427 g/mol. The van der Waals surface area contributed by atoms with E-state index in [-0.39, 0.29) is 10.6 Å². The van der Waals surface area contributed by atoms with Crippen molar-refractivity contribution in [2.45, 2.75) is 19.4 Å². The Labute approximate surface area is 192 Å². The number of nitrogens with one attached hydrogen (secondary N) is 1. The third-order valence-corrected chi connectivity index (χ3v) is 6.08. The number of nitrogen functional groups attached to an aromatic ring is 1. The van der Waals surface area contributed by atoms with E-state index in [4.69, 9.17) is 17.3 Å². The molecule has 0 aliphatic carbocycles. The molecule has 0 atom stereocenters. The van der Waals surface area contributed by atoms with Crippen molar-refractivity contribution < 1.29 is 4.39 Å². The molecule has 2 aromatic carbocycles. The van der Waals surface area contributed by atoms with Crippen molar-refractivity contribution >= 4 is 39.7 Å². The Morgan fingerprint density at radius 2 is 1.88 bits per heavy atom. The van der Waals surface area contributed by atoms with Crippen LogP contribution in [0.2, 0.25) is 5.02 Å². The minimum absolute atomic E-state index is 0.0356. The lowest BCUT2D eigenvalue weighted by molar-refractivity contribution is 0.0946. The molecule has 4 rings (SSSR count). The van der Waals surface area contributed by atoms with Crippen LogP contribution in [-0.2, 0) is 0 Å². The number of piperazine rings is 1. The Morgan fingerprint density at radius 1 is 1.12 bits per heavy atom. The van der Waals surface area contributed by atoms with Crippen molar-refractivity contribution in [3.05, 3.63) is 53.1 Å². The summed E-state index contributed by atoms with van der Waals surface area (Å²) < 4.78 is 13.5. The van der Waals surface area contributed by atoms with E-state index >= 15 is 0 Å². The minimum Gasteiger partial charge on any atom is -0.398 e. The fourth-order valence-electron chi connectivity index (χ4n) is 3.70. The van der Waals surface area contributed by atoms with E-state index in [1.165, 1.54) is 18.5 Å². The van der Waals surface area contributed by atoms with E-state index in [1.54, 1.807) is 6.07 Å². The molecule has 0 amide bonds. The van der Waals surface area contributed by atoms with Crippen molar-refractivity contribution in [2.75, 3.05) is 44.3 Å². The van der Waals surface area contributed by atoms with E-state index in [0.29, 0.717) is 22.7 Å². The smallest absolute Gasteiger partial charge is 0.141 e. The van der Waals surface area contributed by atoms with Crippen molar-refractivity contribution in [1.82, 2.24) is 19.8 Å². The summed E-state index contributed by atoms with van der Waals surface area (Å²) in [7, 11) is 2.14. The van der Waals surface area contributed by atoms with Crippen molar-refractivity contribution in [2.24, 2.45) is 0 Å². The Kier molecular flexibility index (Phi) is 6.20. The molecule has 8 heteroatoms. The van der Waals surface area contributed by atoms with Gasteiger partial charge in [-0.15, -0.1) is 0 Å². The van der Waals surface area contributed by atoms with Gasteiger partial charge in [-0.25, -0.2) is 14.4 Å². The van der Waals surface area contributed by atoms with Crippen LogP contribution in [0.15, 0.2) is 36.7 Å². The molecular formula is C24H26ClFN6. The lowest BCUT2D eigenvalue weighted by Gasteiger charge is -2.40. The Hall–Kier alpha value is -2.92. The van der Waals surface area contributed by atoms with E-state index < -0.39 is 5.82 Å². The number of hydrogen-bond acceptors (Lipinski definition) is 6. The van der Waals surface area contributed by atoms with Crippen molar-refractivity contribution in [3.8, 4) is 11.8 Å². The first-order chi connectivity index (χ1) is 15.2. The molecule has 1 aliphatic heterocycles. The number of benzene rings is 2. The summed E-state index contributed by atoms with van der Waals surface area (Å²) in [6.45, 7) is 8.33. The molecule has 3 N–H and O–H groups in total. The molecule has 32 heavy (non-hydrogen) atoms. The molecule has 1 aliphatic rings. The second-order valence-electron chi connectivity index (χ2n) is 8.53. The van der Waals surface area contributed by atoms with Gasteiger partial charge in [0.05, 0.1) is 16.1 Å². The largest absolute Gasteiger partial charge is 0.398 e. The van der Waals surface area contributed by atoms with E-state index in [2.05, 4.69) is 57.8 Å². The summed E-state index contributed by atoms with van der Waals surface area (Å²) in [6.07, 6.45) is 1.47. The van der Waals surface area contributed by atoms with Gasteiger partial charge in [-0.2, -0.15) is 0 Å². The monoisotopic (exact) mass is 452 g/mol. The number of nitrogens with two attached hydrogens (primary N) is 1. The van der Waals surface area contributed by atoms with Gasteiger partial charge in [0.1, 0.15) is 18.0 Å². The third-order valence-electron chi connectivity index (χ3n) is 5.79. The fourth-order valence-corrected chi connectivity index (χ4v) is 3.88. The topological polar surface area (TPSA) is 70.3 Å². The maximum absolute atomic E-state index is 13.5. The normalized spacial score (nSPS) is 15.4. The zero-order valence-electron chi connectivity index (χ0n) is 18.4. The molecule has 0 spiro atoms. The molecule has 0 radical (unpaired) electrons. The summed E-state index contributed by atoms with van der Waals surface area (Å²) in [4.78, 5) is 13.4. The highest BCUT2D eigenvalue weighted by Gasteiger charge is 2.27. The zero-order chi connectivity index (χ0) is 22.9. The van der Waals surface area contributed by atoms with Crippen LogP contribution in [-0.4, -0.2) is 58.5 Å². The van der Waals surface area contributed by atoms with E-state index in [1.807, 2.05) is 12.1 Å². The number of fused-ring (bicyclic) bond motifs is 1. The van der Waals surface area contributed by atoms with E-state index in [9.17, 15) is 4.39 Å². The number of aromatic nitrogens is 2. The van der Waals surface area contributed by atoms with Crippen LogP contribution in [0, 0.1) is 17.7 Å². The Bertz CT molecular complexity index is 1210. The Balaban J connectivity index is 1.62. The maximum atomic E-state index is 13.5. The fraction of sp³-hybridized carbons (Fsp3) is 0.333. The van der Waals surface area contributed by atoms with Gasteiger partial charge < -0.3 is 16.0 Å². The molecule has 3 aromatic rings. The van der Waals surface area contributed by atoms with E-state index in [0.717, 1.165) is 37.1 Å². The van der Waals surface area contributed by atoms with Crippen LogP contribution in [0.4, 0.5) is 21.6 Å². The standard InChI is InChI=1S/C24H26ClFN6/c1-24(2,32-10-8-31(3)9-11-32)7-6-16-12-22-18(14-21(16)27)23(29-15-28-22)30-17-4-5-20(26)19(25)13-17/h4-5,12-15H,8-11,27H2,1-3H3,(H,28,29,30). The first kappa shape index (κ1) is 22.3. The van der Waals surface area contributed by atoms with Gasteiger partial charge in [0, 0.05) is 48.5 Å². The predicted molar refractivity (Wildman–Crippen MR) is 129 cm³/mol. The highest BCUT2D eigenvalue weighted by Crippen LogP contribution is 2.28. The molecule has 0 bridgehead atoms. The van der Waals surface area contributed by atoms with Gasteiger partial charge in [-0.05, 0) is 51.2 Å². The average Bonchev–Trinajstić information content (AvgIpc) is 2.76. The van der Waals surface area contributed by atoms with Crippen LogP contribution in [0.25, 0.3) is 10.9 Å². The quantitative estimate of drug-likeness (QED) is 0.460. The molecule has 2 heterocycles. The molecule has 1 fully saturated rings. The molecule has 0 saturated carbocycles. The van der Waals surface area contributed by atoms with Gasteiger partial charge >= 0.3 is 0 Å². The summed E-state index contributed by atoms with van der Waals surface area (Å²) in [5.74, 6) is 6.75. The number of likely N-dealkylation sites (N-methyl/N-ethyl adjacent to an activating group) is 1. The minimum atomic E-state index is -0.475. The van der Waals surface area contributed by atoms with Crippen molar-refractivity contribution in [1.29, 1.82) is 0 Å². The summed E-state index contributed by atoms with van der Waals surface area (Å²) in [5, 5.41) is 3.94. The van der Waals surface area contributed by atoms with Crippen LogP contribution >= 0.6 is 11.6 Å². The highest BCUT2D eigenvalue weighted by atomic mass is 35.5. The summed E-state index contributed by atoms with van der Waals surface area (Å²) in [5.41, 5.74) is 8.69. The second kappa shape index (κ2) is 8.91. The predicted octanol–water partition coefficient (Wildman–Crippen LogP) is 4.13. The lowest BCUT2D eigenvalue weighted by atomic mass is 10.0. The lowest BCUT2D eigenvalue weighted by Crippen LogP contribution is -2.53. The SMILES string of the molecule is CN1CCN(C(C)(C)C#Cc2cc3ncnc(Nc4ccc(F)c(Cl)c4)c3cc2N)CC1. The zero-order valence-corrected chi connectivity index (χ0v) is 19.2. The average molecular weight is 453 g/mol. The van der Waals surface area contributed by atoms with Crippen LogP contribution < -0.4 is 11.1 Å². The number of halogens is 2. The molecule has 0 unspecified atom stereocenters. The van der Waals surface area contributed by atoms with Gasteiger partial charge in [-0.3, -0.25) is 4.90 Å². The molecule has 1 aromatic heterocycles. The van der Waals surface area contributed by atoms with Gasteiger partial charge in [0.25, 0.3) is 0 Å². The number of rotatable bonds is 3. The Morgan fingerprint density at radius 3 is 2.59 bits per heavy atom. The van der Waals surface area contributed by atoms with Crippen LogP contribution in [0.5, 0.6) is 0 Å². The molecule has 1 saturated heterocycles. The summed E-state index contributed by atoms with van der Waals surface area (Å²) in [6, 6.07) is 8.10. The molecule has 166 valence electrons. The van der Waals surface area contributed by atoms with Crippen LogP contribution in [0.3, 0.4) is 0 Å². The first-order valence-corrected chi connectivity index (χ1v) is 10.8. The van der Waals surface area contributed by atoms with Gasteiger partial charge in [0.15, 0.2) is 0 Å². The van der Waals surface area contributed by atoms with Gasteiger partial charge in [-0.1, -0.05) is 23.4 Å². The van der Waals surface area contributed by atoms with Crippen LogP contribution in [0.1, 0.15) is 19.4 Å². The first-order valence-electron chi connectivity index (χ1n) is 10.5. The highest BCUT2D eigenvalue weighted by molar-refractivity contribution is 6.31. The second-order valence-corrected chi connectivity index (χ2v) is 8.94. The number of nitrogens with zero attached hydrogens (tertiary/aromatic N) is 4.